The van der Waals surface area contributed by atoms with Crippen molar-refractivity contribution in [2.24, 2.45) is 0 Å². The molecular weight excluding hydrogens is 1050 g/mol. The fraction of sp³-hybridized carbons (Fsp3) is 0.346. The van der Waals surface area contributed by atoms with E-state index in [9.17, 15) is 27.6 Å². The lowest BCUT2D eigenvalue weighted by Gasteiger charge is -2.25. The van der Waals surface area contributed by atoms with Gasteiger partial charge < -0.3 is 24.7 Å². The van der Waals surface area contributed by atoms with E-state index >= 15 is 0 Å². The van der Waals surface area contributed by atoms with E-state index in [2.05, 4.69) is 35.3 Å². The van der Waals surface area contributed by atoms with Crippen molar-refractivity contribution in [3.8, 4) is 21.1 Å². The largest absolute Gasteiger partial charge is 0.443 e. The molecular formula is C52H60N12O10S3. The number of nitrogens with two attached hydrogens (primary N) is 1. The number of ether oxygens (including phenoxy) is 4. The molecule has 0 fully saturated rings. The molecule has 0 bridgehead atoms. The van der Waals surface area contributed by atoms with Crippen molar-refractivity contribution >= 4 is 112 Å². The molecule has 0 atom stereocenters. The fourth-order valence-electron chi connectivity index (χ4n) is 6.91. The van der Waals surface area contributed by atoms with Gasteiger partial charge in [-0.25, -0.2) is 37.4 Å². The van der Waals surface area contributed by atoms with Crippen molar-refractivity contribution in [3.63, 3.8) is 0 Å². The number of carbonyl (C=O) groups is 4. The Hall–Kier alpha value is -8.03. The third kappa shape index (κ3) is 14.7. The van der Waals surface area contributed by atoms with Crippen LogP contribution in [0.3, 0.4) is 0 Å². The highest BCUT2D eigenvalue weighted by atomic mass is 32.2. The van der Waals surface area contributed by atoms with Gasteiger partial charge in [0.05, 0.1) is 40.6 Å². The topological polar surface area (TPSA) is 271 Å². The summed E-state index contributed by atoms with van der Waals surface area (Å²) in [5.74, 6) is -0.0634. The summed E-state index contributed by atoms with van der Waals surface area (Å²) in [6, 6.07) is 24.1. The van der Waals surface area contributed by atoms with Crippen molar-refractivity contribution in [2.45, 2.75) is 112 Å². The van der Waals surface area contributed by atoms with Crippen molar-refractivity contribution in [1.82, 2.24) is 40.0 Å². The summed E-state index contributed by atoms with van der Waals surface area (Å²) < 4.78 is 51.1. The van der Waals surface area contributed by atoms with E-state index in [1.807, 2.05) is 12.1 Å². The number of sulfonamides is 1. The molecule has 3 N–H and O–H groups in total. The summed E-state index contributed by atoms with van der Waals surface area (Å²) in [4.78, 5) is 54.6. The van der Waals surface area contributed by atoms with E-state index < -0.39 is 56.8 Å². The Balaban J connectivity index is 0.000000225. The maximum atomic E-state index is 13.4. The summed E-state index contributed by atoms with van der Waals surface area (Å²) in [6.45, 7) is 22.8. The molecule has 25 heteroatoms. The van der Waals surface area contributed by atoms with Crippen LogP contribution in [0.2, 0.25) is 0 Å². The monoisotopic (exact) mass is 1110 g/mol. The zero-order valence-corrected chi connectivity index (χ0v) is 47.3. The summed E-state index contributed by atoms with van der Waals surface area (Å²) in [6.07, 6.45) is 0.533. The molecule has 0 saturated carbocycles. The van der Waals surface area contributed by atoms with Crippen molar-refractivity contribution in [2.75, 3.05) is 26.0 Å². The number of nitrogens with one attached hydrogen (secondary N) is 1. The number of carbonyl (C=O) groups excluding carboxylic acids is 4. The highest BCUT2D eigenvalue weighted by Crippen LogP contribution is 2.38. The number of benzene rings is 4. The van der Waals surface area contributed by atoms with E-state index in [1.165, 1.54) is 38.2 Å². The first-order chi connectivity index (χ1) is 35.9. The molecule has 2 amide bonds. The standard InChI is InChI=1S/C27H32N6O6S2.C25H28N6O4S/c1-8-41(36,37)31-19-11-9-10-17(14-19)22-29-30-23(40-22)32(24(34)38-26(2,3)4)20-12-13-21-18(15-20)16-28-33(21)25(35)39-27(5,6)7;1-24(2,3)34-22(32)30(21-29-28-20(36-21)15-8-7-9-17(26)12-15)18-10-11-19-16(13-18)14-27-31(19)23(33)35-25(4,5)6/h9-16,31H,8H2,1-7H3;7-14H,26H2,1-6H3. The van der Waals surface area contributed by atoms with Crippen LogP contribution >= 0.6 is 22.7 Å². The molecule has 0 aliphatic rings. The minimum atomic E-state index is -3.46. The minimum absolute atomic E-state index is 0.0634. The van der Waals surface area contributed by atoms with Crippen LogP contribution in [0.15, 0.2) is 97.3 Å². The number of nitrogens with zero attached hydrogens (tertiary/aromatic N) is 10. The lowest BCUT2D eigenvalue weighted by molar-refractivity contribution is 0.0511. The molecule has 4 aromatic heterocycles. The van der Waals surface area contributed by atoms with Gasteiger partial charge in [-0.2, -0.15) is 19.6 Å². The van der Waals surface area contributed by atoms with Crippen molar-refractivity contribution in [3.05, 3.63) is 97.3 Å². The fourth-order valence-corrected chi connectivity index (χ4v) is 9.24. The zero-order valence-electron chi connectivity index (χ0n) is 44.8. The van der Waals surface area contributed by atoms with Crippen LogP contribution in [-0.4, -0.2) is 101 Å². The van der Waals surface area contributed by atoms with Crippen LogP contribution < -0.4 is 20.3 Å². The quantitative estimate of drug-likeness (QED) is 0.100. The predicted molar refractivity (Wildman–Crippen MR) is 298 cm³/mol. The molecule has 0 radical (unpaired) electrons. The first kappa shape index (κ1) is 56.7. The molecule has 0 unspecified atom stereocenters. The molecule has 0 aliphatic carbocycles. The highest BCUT2D eigenvalue weighted by Gasteiger charge is 2.31. The van der Waals surface area contributed by atoms with Gasteiger partial charge in [-0.3, -0.25) is 4.72 Å². The van der Waals surface area contributed by atoms with Crippen molar-refractivity contribution in [1.29, 1.82) is 0 Å². The van der Waals surface area contributed by atoms with Gasteiger partial charge in [-0.15, -0.1) is 20.4 Å². The molecule has 4 aromatic carbocycles. The SMILES string of the molecule is CC(C)(C)OC(=O)N(c1ccc2c(cnn2C(=O)OC(C)(C)C)c1)c1nnc(-c2cccc(N)c2)s1.CCS(=O)(=O)Nc1cccc(-c2nnc(N(C(=O)OC(C)(C)C)c3ccc4c(cnn4C(=O)OC(C)(C)C)c3)s2)c1. The Morgan fingerprint density at radius 3 is 1.39 bits per heavy atom. The normalized spacial score (nSPS) is 12.1. The average Bonchev–Trinajstić information content (AvgIpc) is 4.17. The van der Waals surface area contributed by atoms with Gasteiger partial charge >= 0.3 is 24.4 Å². The molecule has 8 rings (SSSR count). The minimum Gasteiger partial charge on any atom is -0.443 e. The average molecular weight is 1110 g/mol. The second-order valence-electron chi connectivity index (χ2n) is 21.2. The third-order valence-corrected chi connectivity index (χ3v) is 13.2. The molecule has 77 heavy (non-hydrogen) atoms. The Morgan fingerprint density at radius 1 is 0.571 bits per heavy atom. The van der Waals surface area contributed by atoms with Gasteiger partial charge in [-0.1, -0.05) is 46.9 Å². The van der Waals surface area contributed by atoms with Crippen LogP contribution in [0, 0.1) is 0 Å². The van der Waals surface area contributed by atoms with Gasteiger partial charge in [0, 0.05) is 33.3 Å². The predicted octanol–water partition coefficient (Wildman–Crippen LogP) is 12.2. The number of aromatic nitrogens is 8. The number of anilines is 6. The first-order valence-electron chi connectivity index (χ1n) is 24.0. The summed E-state index contributed by atoms with van der Waals surface area (Å²) in [5.41, 5.74) is 7.35. The van der Waals surface area contributed by atoms with Crippen LogP contribution in [0.1, 0.15) is 90.0 Å². The maximum Gasteiger partial charge on any atom is 0.435 e. The van der Waals surface area contributed by atoms with E-state index in [0.717, 1.165) is 21.6 Å². The van der Waals surface area contributed by atoms with Crippen LogP contribution in [0.25, 0.3) is 42.9 Å². The van der Waals surface area contributed by atoms with Gasteiger partial charge in [0.15, 0.2) is 0 Å². The Labute approximate surface area is 453 Å². The van der Waals surface area contributed by atoms with Gasteiger partial charge in [0.2, 0.25) is 20.3 Å². The first-order valence-corrected chi connectivity index (χ1v) is 27.3. The number of amides is 2. The van der Waals surface area contributed by atoms with Crippen LogP contribution in [0.4, 0.5) is 52.2 Å². The zero-order chi connectivity index (χ0) is 56.4. The lowest BCUT2D eigenvalue weighted by Crippen LogP contribution is -2.33. The second kappa shape index (κ2) is 21.9. The maximum absolute atomic E-state index is 13.4. The second-order valence-corrected chi connectivity index (χ2v) is 25.1. The van der Waals surface area contributed by atoms with Crippen LogP contribution in [-0.2, 0) is 29.0 Å². The van der Waals surface area contributed by atoms with Crippen molar-refractivity contribution < 1.29 is 46.5 Å². The number of nitrogen functional groups attached to an aromatic ring is 1. The Morgan fingerprint density at radius 2 is 0.987 bits per heavy atom. The van der Waals surface area contributed by atoms with E-state index in [0.29, 0.717) is 65.3 Å². The smallest absolute Gasteiger partial charge is 0.435 e. The molecule has 406 valence electrons. The molecule has 0 saturated heterocycles. The molecule has 8 aromatic rings. The van der Waals surface area contributed by atoms with E-state index in [4.69, 9.17) is 24.7 Å². The Bertz CT molecular complexity index is 3600. The number of hydrogen-bond donors (Lipinski definition) is 2. The van der Waals surface area contributed by atoms with Gasteiger partial charge in [0.25, 0.3) is 0 Å². The lowest BCUT2D eigenvalue weighted by atomic mass is 10.2. The third-order valence-electron chi connectivity index (χ3n) is 10.0. The summed E-state index contributed by atoms with van der Waals surface area (Å²) in [5, 5.41) is 28.2. The summed E-state index contributed by atoms with van der Waals surface area (Å²) in [7, 11) is -3.46. The Kier molecular flexibility index (Phi) is 16.1. The van der Waals surface area contributed by atoms with Crippen LogP contribution in [0.5, 0.6) is 0 Å². The van der Waals surface area contributed by atoms with Gasteiger partial charge in [-0.05, 0) is 151 Å². The van der Waals surface area contributed by atoms with E-state index in [1.54, 1.807) is 163 Å². The summed E-state index contributed by atoms with van der Waals surface area (Å²) >= 11 is 2.35. The molecule has 4 heterocycles. The number of fused-ring (bicyclic) bond motifs is 2. The molecule has 22 nitrogen and oxygen atoms in total. The molecule has 0 spiro atoms. The van der Waals surface area contributed by atoms with Gasteiger partial charge in [0.1, 0.15) is 32.4 Å². The highest BCUT2D eigenvalue weighted by molar-refractivity contribution is 7.92. The number of rotatable bonds is 9. The molecule has 0 aliphatic heterocycles. The van der Waals surface area contributed by atoms with E-state index in [-0.39, 0.29) is 10.9 Å². The number of hydrogen-bond acceptors (Lipinski definition) is 19.